The van der Waals surface area contributed by atoms with E-state index in [4.69, 9.17) is 0 Å². The van der Waals surface area contributed by atoms with E-state index in [1.807, 2.05) is 74.2 Å². The van der Waals surface area contributed by atoms with Gasteiger partial charge in [0, 0.05) is 31.5 Å². The van der Waals surface area contributed by atoms with Crippen LogP contribution in [0.25, 0.3) is 0 Å². The number of hydrogen-bond donors (Lipinski definition) is 0. The summed E-state index contributed by atoms with van der Waals surface area (Å²) in [7, 11) is 1.99. The van der Waals surface area contributed by atoms with Gasteiger partial charge in [-0.05, 0) is 62.6 Å². The number of carbonyl (C=O) groups is 1. The summed E-state index contributed by atoms with van der Waals surface area (Å²) in [6.45, 7) is 9.35. The maximum absolute atomic E-state index is 12.6. The molecule has 0 atom stereocenters. The first-order valence-electron chi connectivity index (χ1n) is 7.92. The zero-order valence-corrected chi connectivity index (χ0v) is 14.6. The lowest BCUT2D eigenvalue weighted by Crippen LogP contribution is -2.14. The van der Waals surface area contributed by atoms with Crippen LogP contribution in [0.15, 0.2) is 35.6 Å². The highest BCUT2D eigenvalue weighted by molar-refractivity contribution is 5.98. The van der Waals surface area contributed by atoms with Crippen LogP contribution in [0.5, 0.6) is 0 Å². The zero-order valence-electron chi connectivity index (χ0n) is 14.6. The molecule has 0 aliphatic heterocycles. The molecule has 122 valence electrons. The number of rotatable bonds is 6. The smallest absolute Gasteiger partial charge is 0.182 e. The van der Waals surface area contributed by atoms with Gasteiger partial charge in [-0.3, -0.25) is 4.79 Å². The van der Waals surface area contributed by atoms with Crippen LogP contribution in [0.4, 0.5) is 5.69 Å². The third kappa shape index (κ3) is 4.31. The lowest BCUT2D eigenvalue weighted by Gasteiger charge is -2.11. The average Bonchev–Trinajstić information content (AvgIpc) is 2.92. The monoisotopic (exact) mass is 311 g/mol. The van der Waals surface area contributed by atoms with Crippen LogP contribution < -0.4 is 0 Å². The Bertz CT molecular complexity index is 728. The summed E-state index contributed by atoms with van der Waals surface area (Å²) in [5.74, 6) is 0.127. The van der Waals surface area contributed by atoms with Crippen LogP contribution >= 0.6 is 0 Å². The molecule has 2 rings (SSSR count). The van der Waals surface area contributed by atoms with Crippen LogP contribution in [-0.4, -0.2) is 35.2 Å². The van der Waals surface area contributed by atoms with Gasteiger partial charge in [0.1, 0.15) is 0 Å². The largest absolute Gasteiger partial charge is 0.366 e. The van der Waals surface area contributed by atoms with Gasteiger partial charge in [-0.15, -0.1) is 0 Å². The summed E-state index contributed by atoms with van der Waals surface area (Å²) in [5, 5.41) is 0. The van der Waals surface area contributed by atoms with Crippen LogP contribution in [0.1, 0.15) is 34.0 Å². The van der Waals surface area contributed by atoms with Gasteiger partial charge in [0.05, 0.1) is 18.6 Å². The van der Waals surface area contributed by atoms with Crippen molar-refractivity contribution >= 4 is 17.8 Å². The Balaban J connectivity index is 2.22. The summed E-state index contributed by atoms with van der Waals surface area (Å²) >= 11 is 0. The van der Waals surface area contributed by atoms with Crippen LogP contribution in [0.2, 0.25) is 0 Å². The topological polar surface area (TPSA) is 37.6 Å². The van der Waals surface area contributed by atoms with E-state index in [0.717, 1.165) is 34.5 Å². The minimum Gasteiger partial charge on any atom is -0.366 e. The third-order valence-corrected chi connectivity index (χ3v) is 3.96. The number of benzene rings is 1. The minimum absolute atomic E-state index is 0.127. The molecule has 0 amide bonds. The second-order valence-electron chi connectivity index (χ2n) is 6.06. The molecule has 4 nitrogen and oxygen atoms in total. The first kappa shape index (κ1) is 17.0. The van der Waals surface area contributed by atoms with Crippen molar-refractivity contribution in [1.82, 2.24) is 9.47 Å². The summed E-state index contributed by atoms with van der Waals surface area (Å²) in [6, 6.07) is 5.95. The van der Waals surface area contributed by atoms with E-state index in [0.29, 0.717) is 6.54 Å². The molecular weight excluding hydrogens is 286 g/mol. The fourth-order valence-electron chi connectivity index (χ4n) is 2.39. The van der Waals surface area contributed by atoms with Gasteiger partial charge < -0.3 is 9.47 Å². The molecule has 0 fully saturated rings. The van der Waals surface area contributed by atoms with Gasteiger partial charge in [-0.2, -0.15) is 0 Å². The fraction of sp³-hybridized carbons (Fsp3) is 0.368. The molecule has 0 saturated heterocycles. The first-order chi connectivity index (χ1) is 10.9. The average molecular weight is 311 g/mol. The van der Waals surface area contributed by atoms with E-state index >= 15 is 0 Å². The molecule has 1 aromatic carbocycles. The van der Waals surface area contributed by atoms with Gasteiger partial charge in [-0.1, -0.05) is 0 Å². The van der Waals surface area contributed by atoms with E-state index in [2.05, 4.69) is 11.9 Å². The Morgan fingerprint density at radius 2 is 2.00 bits per heavy atom. The Hall–Kier alpha value is -2.36. The highest BCUT2D eigenvalue weighted by atomic mass is 16.1. The lowest BCUT2D eigenvalue weighted by atomic mass is 10.0. The van der Waals surface area contributed by atoms with Crippen molar-refractivity contribution in [2.24, 2.45) is 4.99 Å². The Morgan fingerprint density at radius 1 is 1.26 bits per heavy atom. The quantitative estimate of drug-likeness (QED) is 0.461. The van der Waals surface area contributed by atoms with Gasteiger partial charge in [0.2, 0.25) is 0 Å². The molecule has 4 heteroatoms. The molecular formula is C19H25N3O. The van der Waals surface area contributed by atoms with Crippen LogP contribution in [-0.2, 0) is 6.54 Å². The predicted octanol–water partition coefficient (Wildman–Crippen LogP) is 3.91. The molecule has 2 aromatic rings. The highest BCUT2D eigenvalue weighted by Gasteiger charge is 2.12. The van der Waals surface area contributed by atoms with Crippen molar-refractivity contribution in [3.63, 3.8) is 0 Å². The number of Topliss-reactive ketones (excluding diaryl/α,β-unsaturated/α-hetero) is 1. The number of nitrogens with zero attached hydrogens (tertiary/aromatic N) is 3. The minimum atomic E-state index is 0.127. The molecule has 0 aliphatic rings. The number of aryl methyl sites for hydroxylation is 3. The molecule has 0 bridgehead atoms. The van der Waals surface area contributed by atoms with Crippen molar-refractivity contribution < 1.29 is 4.79 Å². The maximum atomic E-state index is 12.6. The highest BCUT2D eigenvalue weighted by Crippen LogP contribution is 2.24. The molecule has 0 N–H and O–H groups in total. The molecule has 0 unspecified atom stereocenters. The van der Waals surface area contributed by atoms with Gasteiger partial charge in [-0.25, -0.2) is 4.99 Å². The SMILES string of the molecule is CCN(C)C=Nc1cc(C)c(C(=O)Cn2ccc(C)c2)cc1C. The molecule has 23 heavy (non-hydrogen) atoms. The number of aromatic nitrogens is 1. The number of ketones is 1. The van der Waals surface area contributed by atoms with Gasteiger partial charge in [0.25, 0.3) is 0 Å². The van der Waals surface area contributed by atoms with E-state index in [1.54, 1.807) is 0 Å². The van der Waals surface area contributed by atoms with Crippen molar-refractivity contribution in [2.45, 2.75) is 34.2 Å². The zero-order chi connectivity index (χ0) is 17.0. The van der Waals surface area contributed by atoms with E-state index in [-0.39, 0.29) is 5.78 Å². The second kappa shape index (κ2) is 7.27. The third-order valence-electron chi connectivity index (χ3n) is 3.96. The molecule has 1 aromatic heterocycles. The Kier molecular flexibility index (Phi) is 5.37. The fourth-order valence-corrected chi connectivity index (χ4v) is 2.39. The first-order valence-corrected chi connectivity index (χ1v) is 7.92. The molecule has 0 saturated carbocycles. The number of carbonyl (C=O) groups excluding carboxylic acids is 1. The molecule has 1 heterocycles. The van der Waals surface area contributed by atoms with Crippen molar-refractivity contribution in [2.75, 3.05) is 13.6 Å². The molecule has 0 spiro atoms. The van der Waals surface area contributed by atoms with Crippen LogP contribution in [0.3, 0.4) is 0 Å². The molecule has 0 radical (unpaired) electrons. The lowest BCUT2D eigenvalue weighted by molar-refractivity contribution is 0.0971. The summed E-state index contributed by atoms with van der Waals surface area (Å²) < 4.78 is 1.93. The summed E-state index contributed by atoms with van der Waals surface area (Å²) in [6.07, 6.45) is 5.75. The van der Waals surface area contributed by atoms with Crippen LogP contribution in [0, 0.1) is 20.8 Å². The number of aliphatic imine (C=N–C) groups is 1. The second-order valence-corrected chi connectivity index (χ2v) is 6.06. The summed E-state index contributed by atoms with van der Waals surface area (Å²) in [4.78, 5) is 19.1. The Labute approximate surface area is 138 Å². The Morgan fingerprint density at radius 3 is 2.61 bits per heavy atom. The van der Waals surface area contributed by atoms with Crippen molar-refractivity contribution in [3.8, 4) is 0 Å². The summed E-state index contributed by atoms with van der Waals surface area (Å²) in [5.41, 5.74) is 4.84. The predicted molar refractivity (Wildman–Crippen MR) is 95.9 cm³/mol. The van der Waals surface area contributed by atoms with Crippen molar-refractivity contribution in [3.05, 3.63) is 52.8 Å². The van der Waals surface area contributed by atoms with Gasteiger partial charge >= 0.3 is 0 Å². The van der Waals surface area contributed by atoms with E-state index in [1.165, 1.54) is 0 Å². The van der Waals surface area contributed by atoms with Gasteiger partial charge in [0.15, 0.2) is 5.78 Å². The maximum Gasteiger partial charge on any atom is 0.182 e. The normalized spacial score (nSPS) is 11.2. The van der Waals surface area contributed by atoms with E-state index in [9.17, 15) is 4.79 Å². The standard InChI is InChI=1S/C19H25N3O/c1-6-21(5)13-20-18-10-15(3)17(9-16(18)4)19(23)12-22-8-7-14(2)11-22/h7-11,13H,6,12H2,1-5H3. The molecule has 0 aliphatic carbocycles. The van der Waals surface area contributed by atoms with Crippen molar-refractivity contribution in [1.29, 1.82) is 0 Å². The van der Waals surface area contributed by atoms with E-state index < -0.39 is 0 Å². The number of hydrogen-bond acceptors (Lipinski definition) is 2.